The molecule has 0 aliphatic rings. The molecular weight excluding hydrogens is 327 g/mol. The number of nitrogens with one attached hydrogen (secondary N) is 1. The highest BCUT2D eigenvalue weighted by molar-refractivity contribution is 5.91. The summed E-state index contributed by atoms with van der Waals surface area (Å²) in [5.41, 5.74) is -0.681. The number of hydrogen-bond acceptors (Lipinski definition) is 5. The summed E-state index contributed by atoms with van der Waals surface area (Å²) in [6.07, 6.45) is -1.39. The molecule has 0 aliphatic heterocycles. The molecule has 0 saturated carbocycles. The lowest BCUT2D eigenvalue weighted by Crippen LogP contribution is -2.35. The zero-order chi connectivity index (χ0) is 17.6. The minimum absolute atomic E-state index is 0.101. The number of rotatable bonds is 6. The lowest BCUT2D eigenvalue weighted by Gasteiger charge is -2.13. The number of ether oxygens (including phenoxy) is 1. The highest BCUT2D eigenvalue weighted by atomic mass is 19.4. The second-order valence-corrected chi connectivity index (χ2v) is 4.79. The Balaban J connectivity index is 1.77. The van der Waals surface area contributed by atoms with Crippen LogP contribution in [-0.4, -0.2) is 40.2 Å². The summed E-state index contributed by atoms with van der Waals surface area (Å²) in [5, 5.41) is 12.2. The van der Waals surface area contributed by atoms with E-state index in [0.29, 0.717) is 0 Å². The average Bonchev–Trinajstić information content (AvgIpc) is 2.58. The molecule has 0 saturated heterocycles. The number of aliphatic hydroxyl groups excluding tert-OH is 1. The number of aliphatic hydroxyl groups is 1. The maximum atomic E-state index is 12.4. The third-order valence-electron chi connectivity index (χ3n) is 2.92. The molecule has 0 radical (unpaired) electrons. The van der Waals surface area contributed by atoms with Crippen LogP contribution in [0.3, 0.4) is 0 Å². The molecular formula is C15H14F3N3O3. The number of carbonyl (C=O) groups excluding carboxylic acids is 1. The van der Waals surface area contributed by atoms with Crippen LogP contribution in [-0.2, 0) is 6.18 Å². The first-order valence-electron chi connectivity index (χ1n) is 6.88. The van der Waals surface area contributed by atoms with E-state index in [4.69, 9.17) is 4.74 Å². The van der Waals surface area contributed by atoms with Crippen molar-refractivity contribution in [1.29, 1.82) is 0 Å². The molecule has 1 atom stereocenters. The number of hydrogen-bond donors (Lipinski definition) is 2. The number of nitrogens with zero attached hydrogens (tertiary/aromatic N) is 2. The van der Waals surface area contributed by atoms with Gasteiger partial charge in [0.05, 0.1) is 11.8 Å². The highest BCUT2D eigenvalue weighted by Gasteiger charge is 2.30. The number of halogens is 3. The van der Waals surface area contributed by atoms with E-state index < -0.39 is 23.8 Å². The summed E-state index contributed by atoms with van der Waals surface area (Å²) in [6, 6.07) is 4.09. The topological polar surface area (TPSA) is 84.3 Å². The van der Waals surface area contributed by atoms with Gasteiger partial charge in [-0.2, -0.15) is 13.2 Å². The molecule has 2 aromatic rings. The normalized spacial score (nSPS) is 12.5. The molecule has 1 aromatic heterocycles. The van der Waals surface area contributed by atoms with Gasteiger partial charge >= 0.3 is 6.18 Å². The van der Waals surface area contributed by atoms with Crippen LogP contribution in [0.5, 0.6) is 5.75 Å². The predicted molar refractivity (Wildman–Crippen MR) is 77.3 cm³/mol. The monoisotopic (exact) mass is 341 g/mol. The van der Waals surface area contributed by atoms with Crippen molar-refractivity contribution in [1.82, 2.24) is 15.3 Å². The van der Waals surface area contributed by atoms with E-state index in [-0.39, 0.29) is 24.6 Å². The summed E-state index contributed by atoms with van der Waals surface area (Å²) in [5.74, 6) is -0.320. The average molecular weight is 341 g/mol. The molecule has 0 aliphatic carbocycles. The molecule has 2 N–H and O–H groups in total. The van der Waals surface area contributed by atoms with Crippen LogP contribution in [0.1, 0.15) is 16.1 Å². The quantitative estimate of drug-likeness (QED) is 0.835. The number of alkyl halides is 3. The van der Waals surface area contributed by atoms with Gasteiger partial charge in [-0.25, -0.2) is 4.98 Å². The van der Waals surface area contributed by atoms with E-state index in [1.165, 1.54) is 18.6 Å². The first-order valence-corrected chi connectivity index (χ1v) is 6.88. The van der Waals surface area contributed by atoms with Gasteiger partial charge in [-0.05, 0) is 24.3 Å². The Hall–Kier alpha value is -2.68. The van der Waals surface area contributed by atoms with Crippen molar-refractivity contribution in [2.45, 2.75) is 12.3 Å². The highest BCUT2D eigenvalue weighted by Crippen LogP contribution is 2.30. The molecule has 9 heteroatoms. The summed E-state index contributed by atoms with van der Waals surface area (Å²) < 4.78 is 42.4. The Kier molecular flexibility index (Phi) is 5.69. The first-order chi connectivity index (χ1) is 11.4. The second-order valence-electron chi connectivity index (χ2n) is 4.79. The molecule has 1 aromatic carbocycles. The molecule has 6 nitrogen and oxygen atoms in total. The number of carbonyl (C=O) groups is 1. The van der Waals surface area contributed by atoms with Crippen molar-refractivity contribution in [2.24, 2.45) is 0 Å². The van der Waals surface area contributed by atoms with Crippen molar-refractivity contribution in [3.05, 3.63) is 54.1 Å². The number of amides is 1. The maximum Gasteiger partial charge on any atom is 0.416 e. The fraction of sp³-hybridized carbons (Fsp3) is 0.267. The van der Waals surface area contributed by atoms with Crippen LogP contribution < -0.4 is 10.1 Å². The molecule has 0 bridgehead atoms. The van der Waals surface area contributed by atoms with Gasteiger partial charge in [0, 0.05) is 18.9 Å². The van der Waals surface area contributed by atoms with Gasteiger partial charge in [0.25, 0.3) is 5.91 Å². The summed E-state index contributed by atoms with van der Waals surface area (Å²) in [7, 11) is 0. The Bertz CT molecular complexity index is 663. The Labute approximate surface area is 135 Å². The summed E-state index contributed by atoms with van der Waals surface area (Å²) in [6.45, 7) is -0.290. The molecule has 128 valence electrons. The van der Waals surface area contributed by atoms with E-state index in [1.807, 2.05) is 0 Å². The smallest absolute Gasteiger partial charge is 0.416 e. The van der Waals surface area contributed by atoms with E-state index >= 15 is 0 Å². The zero-order valence-corrected chi connectivity index (χ0v) is 12.3. The van der Waals surface area contributed by atoms with Gasteiger partial charge in [-0.3, -0.25) is 9.78 Å². The lowest BCUT2D eigenvalue weighted by molar-refractivity contribution is -0.137. The third-order valence-corrected chi connectivity index (χ3v) is 2.92. The fourth-order valence-corrected chi connectivity index (χ4v) is 1.71. The van der Waals surface area contributed by atoms with Crippen molar-refractivity contribution >= 4 is 5.91 Å². The SMILES string of the molecule is O=C(NCC(O)COc1ccc(C(F)(F)F)cc1)c1cnccn1. The van der Waals surface area contributed by atoms with Crippen LogP contribution in [0, 0.1) is 0 Å². The van der Waals surface area contributed by atoms with Crippen molar-refractivity contribution in [3.8, 4) is 5.75 Å². The largest absolute Gasteiger partial charge is 0.491 e. The van der Waals surface area contributed by atoms with Crippen LogP contribution in [0.2, 0.25) is 0 Å². The van der Waals surface area contributed by atoms with Gasteiger partial charge in [-0.15, -0.1) is 0 Å². The van der Waals surface area contributed by atoms with Crippen molar-refractivity contribution < 1.29 is 27.8 Å². The van der Waals surface area contributed by atoms with Gasteiger partial charge < -0.3 is 15.2 Å². The minimum Gasteiger partial charge on any atom is -0.491 e. The maximum absolute atomic E-state index is 12.4. The Morgan fingerprint density at radius 2 is 1.96 bits per heavy atom. The molecule has 1 unspecified atom stereocenters. The van der Waals surface area contributed by atoms with E-state index in [9.17, 15) is 23.1 Å². The van der Waals surface area contributed by atoms with Crippen LogP contribution in [0.25, 0.3) is 0 Å². The van der Waals surface area contributed by atoms with Gasteiger partial charge in [0.1, 0.15) is 24.2 Å². The first kappa shape index (κ1) is 17.7. The van der Waals surface area contributed by atoms with Gasteiger partial charge in [0.15, 0.2) is 0 Å². The van der Waals surface area contributed by atoms with Crippen LogP contribution in [0.4, 0.5) is 13.2 Å². The standard InChI is InChI=1S/C15H14F3N3O3/c16-15(17,18)10-1-3-12(4-2-10)24-9-11(22)7-21-14(23)13-8-19-5-6-20-13/h1-6,8,11,22H,7,9H2,(H,21,23). The predicted octanol–water partition coefficient (Wildman–Crippen LogP) is 1.67. The second kappa shape index (κ2) is 7.73. The minimum atomic E-state index is -4.41. The summed E-state index contributed by atoms with van der Waals surface area (Å²) >= 11 is 0. The Morgan fingerprint density at radius 3 is 2.54 bits per heavy atom. The molecule has 2 rings (SSSR count). The molecule has 0 spiro atoms. The number of benzene rings is 1. The fourth-order valence-electron chi connectivity index (χ4n) is 1.71. The van der Waals surface area contributed by atoms with Gasteiger partial charge in [0.2, 0.25) is 0 Å². The zero-order valence-electron chi connectivity index (χ0n) is 12.3. The molecule has 1 heterocycles. The van der Waals surface area contributed by atoms with E-state index in [2.05, 4.69) is 15.3 Å². The van der Waals surface area contributed by atoms with Gasteiger partial charge in [-0.1, -0.05) is 0 Å². The van der Waals surface area contributed by atoms with E-state index in [1.54, 1.807) is 0 Å². The third kappa shape index (κ3) is 5.20. The lowest BCUT2D eigenvalue weighted by atomic mass is 10.2. The van der Waals surface area contributed by atoms with Crippen molar-refractivity contribution in [2.75, 3.05) is 13.2 Å². The Morgan fingerprint density at radius 1 is 1.25 bits per heavy atom. The van der Waals surface area contributed by atoms with Crippen LogP contribution in [0.15, 0.2) is 42.9 Å². The molecule has 24 heavy (non-hydrogen) atoms. The van der Waals surface area contributed by atoms with Crippen LogP contribution >= 0.6 is 0 Å². The van der Waals surface area contributed by atoms with Crippen molar-refractivity contribution in [3.63, 3.8) is 0 Å². The molecule has 0 fully saturated rings. The summed E-state index contributed by atoms with van der Waals surface area (Å²) in [4.78, 5) is 19.2. The van der Waals surface area contributed by atoms with E-state index in [0.717, 1.165) is 24.3 Å². The number of aromatic nitrogens is 2. The molecule has 1 amide bonds.